The minimum atomic E-state index is 0.799. The molecule has 1 aromatic carbocycles. The van der Waals surface area contributed by atoms with Gasteiger partial charge in [-0.3, -0.25) is 5.41 Å². The van der Waals surface area contributed by atoms with Crippen LogP contribution in [0.3, 0.4) is 0 Å². The normalized spacial score (nSPS) is 15.9. The maximum atomic E-state index is 7.55. The number of hydrogen-bond donors (Lipinski definition) is 1. The zero-order chi connectivity index (χ0) is 8.55. The highest BCUT2D eigenvalue weighted by Gasteiger charge is 2.14. The van der Waals surface area contributed by atoms with Crippen LogP contribution >= 0.6 is 11.8 Å². The van der Waals surface area contributed by atoms with E-state index < -0.39 is 0 Å². The maximum Gasteiger partial charge on any atom is 0.0692 e. The third-order valence-electron chi connectivity index (χ3n) is 2.20. The molecular weight excluding hydrogens is 166 g/mol. The van der Waals surface area contributed by atoms with Gasteiger partial charge in [-0.15, -0.1) is 0 Å². The van der Waals surface area contributed by atoms with Crippen molar-refractivity contribution in [3.63, 3.8) is 0 Å². The zero-order valence-electron chi connectivity index (χ0n) is 7.05. The van der Waals surface area contributed by atoms with E-state index in [9.17, 15) is 0 Å². The van der Waals surface area contributed by atoms with Crippen molar-refractivity contribution in [1.29, 1.82) is 5.41 Å². The van der Waals surface area contributed by atoms with Crippen LogP contribution < -0.4 is 0 Å². The molecule has 0 aliphatic carbocycles. The lowest BCUT2D eigenvalue weighted by Crippen LogP contribution is -2.04. The molecule has 0 spiro atoms. The summed E-state index contributed by atoms with van der Waals surface area (Å²) < 4.78 is 0. The minimum Gasteiger partial charge on any atom is -0.298 e. The Morgan fingerprint density at radius 3 is 3.00 bits per heavy atom. The van der Waals surface area contributed by atoms with E-state index in [2.05, 4.69) is 25.1 Å². The van der Waals surface area contributed by atoms with Crippen LogP contribution in [0.1, 0.15) is 17.5 Å². The molecule has 0 atom stereocenters. The zero-order valence-corrected chi connectivity index (χ0v) is 7.87. The Labute approximate surface area is 76.7 Å². The smallest absolute Gasteiger partial charge is 0.0692 e. The van der Waals surface area contributed by atoms with Crippen molar-refractivity contribution in [3.05, 3.63) is 29.3 Å². The monoisotopic (exact) mass is 177 g/mol. The highest BCUT2D eigenvalue weighted by Crippen LogP contribution is 2.32. The highest BCUT2D eigenvalue weighted by atomic mass is 32.2. The number of rotatable bonds is 0. The van der Waals surface area contributed by atoms with E-state index in [0.29, 0.717) is 0 Å². The van der Waals surface area contributed by atoms with E-state index >= 15 is 0 Å². The van der Waals surface area contributed by atoms with E-state index in [1.165, 1.54) is 16.0 Å². The maximum absolute atomic E-state index is 7.55. The van der Waals surface area contributed by atoms with Crippen molar-refractivity contribution in [3.8, 4) is 0 Å². The number of nitrogens with one attached hydrogen (secondary N) is 1. The van der Waals surface area contributed by atoms with Crippen LogP contribution in [0.25, 0.3) is 0 Å². The van der Waals surface area contributed by atoms with E-state index in [0.717, 1.165) is 17.9 Å². The molecule has 0 bridgehead atoms. The van der Waals surface area contributed by atoms with Gasteiger partial charge in [-0.05, 0) is 37.0 Å². The molecule has 0 fully saturated rings. The number of aryl methyl sites for hydroxylation is 1. The Bertz CT molecular complexity index is 331. The first kappa shape index (κ1) is 7.87. The summed E-state index contributed by atoms with van der Waals surface area (Å²) in [6.07, 6.45) is 1.97. The fourth-order valence-electron chi connectivity index (χ4n) is 1.51. The number of hydrogen-bond acceptors (Lipinski definition) is 2. The molecule has 0 radical (unpaired) electrons. The summed E-state index contributed by atoms with van der Waals surface area (Å²) in [6.45, 7) is 2.15. The lowest BCUT2D eigenvalue weighted by molar-refractivity contribution is 0.975. The predicted molar refractivity (Wildman–Crippen MR) is 53.1 cm³/mol. The summed E-state index contributed by atoms with van der Waals surface area (Å²) >= 11 is 1.61. The molecule has 0 unspecified atom stereocenters. The number of benzene rings is 1. The van der Waals surface area contributed by atoms with Crippen LogP contribution in [-0.2, 0) is 6.42 Å². The molecule has 0 amide bonds. The van der Waals surface area contributed by atoms with Gasteiger partial charge >= 0.3 is 0 Å². The molecule has 12 heavy (non-hydrogen) atoms. The summed E-state index contributed by atoms with van der Waals surface area (Å²) in [6, 6.07) is 6.33. The Hall–Kier alpha value is -0.760. The first-order chi connectivity index (χ1) is 5.77. The summed E-state index contributed by atoms with van der Waals surface area (Å²) in [5.41, 5.74) is 2.81. The van der Waals surface area contributed by atoms with E-state index in [1.54, 1.807) is 11.8 Å². The SMILES string of the molecule is Cc1cccc2c1CCC(=N)S2. The lowest BCUT2D eigenvalue weighted by atomic mass is 10.0. The summed E-state index contributed by atoms with van der Waals surface area (Å²) in [7, 11) is 0. The molecule has 0 saturated carbocycles. The average molecular weight is 177 g/mol. The second-order valence-electron chi connectivity index (χ2n) is 3.08. The fraction of sp³-hybridized carbons (Fsp3) is 0.300. The third kappa shape index (κ3) is 1.27. The van der Waals surface area contributed by atoms with Crippen LogP contribution in [0.15, 0.2) is 23.1 Å². The summed E-state index contributed by atoms with van der Waals surface area (Å²) in [5, 5.41) is 8.35. The van der Waals surface area contributed by atoms with Gasteiger partial charge in [0, 0.05) is 4.90 Å². The summed E-state index contributed by atoms with van der Waals surface area (Å²) in [4.78, 5) is 1.28. The second-order valence-corrected chi connectivity index (χ2v) is 4.21. The molecule has 1 nitrogen and oxygen atoms in total. The van der Waals surface area contributed by atoms with Crippen molar-refractivity contribution in [1.82, 2.24) is 0 Å². The molecule has 1 N–H and O–H groups in total. The van der Waals surface area contributed by atoms with Gasteiger partial charge in [0.15, 0.2) is 0 Å². The van der Waals surface area contributed by atoms with E-state index in [4.69, 9.17) is 5.41 Å². The van der Waals surface area contributed by atoms with Gasteiger partial charge < -0.3 is 0 Å². The van der Waals surface area contributed by atoms with Gasteiger partial charge in [0.25, 0.3) is 0 Å². The van der Waals surface area contributed by atoms with Crippen molar-refractivity contribution < 1.29 is 0 Å². The van der Waals surface area contributed by atoms with Gasteiger partial charge in [-0.1, -0.05) is 23.9 Å². The van der Waals surface area contributed by atoms with Crippen molar-refractivity contribution in [2.24, 2.45) is 0 Å². The molecule has 1 heterocycles. The molecule has 1 aliphatic heterocycles. The first-order valence-corrected chi connectivity index (χ1v) is 4.93. The summed E-state index contributed by atoms with van der Waals surface area (Å²) in [5.74, 6) is 0. The van der Waals surface area contributed by atoms with Crippen molar-refractivity contribution >= 4 is 16.8 Å². The fourth-order valence-corrected chi connectivity index (χ4v) is 2.52. The van der Waals surface area contributed by atoms with Gasteiger partial charge in [0.1, 0.15) is 0 Å². The number of fused-ring (bicyclic) bond motifs is 1. The lowest BCUT2D eigenvalue weighted by Gasteiger charge is -2.17. The van der Waals surface area contributed by atoms with Gasteiger partial charge in [-0.2, -0.15) is 0 Å². The second kappa shape index (κ2) is 2.94. The molecule has 2 rings (SSSR count). The largest absolute Gasteiger partial charge is 0.298 e. The highest BCUT2D eigenvalue weighted by molar-refractivity contribution is 8.14. The Morgan fingerprint density at radius 2 is 2.17 bits per heavy atom. The van der Waals surface area contributed by atoms with Crippen LogP contribution in [0.5, 0.6) is 0 Å². The quantitative estimate of drug-likeness (QED) is 0.647. The van der Waals surface area contributed by atoms with Crippen LogP contribution in [0, 0.1) is 12.3 Å². The van der Waals surface area contributed by atoms with Crippen LogP contribution in [-0.4, -0.2) is 5.04 Å². The molecule has 1 aromatic rings. The molecular formula is C10H11NS. The van der Waals surface area contributed by atoms with E-state index in [-0.39, 0.29) is 0 Å². The Kier molecular flexibility index (Phi) is 1.93. The Balaban J connectivity index is 2.48. The van der Waals surface area contributed by atoms with Crippen LogP contribution in [0.2, 0.25) is 0 Å². The van der Waals surface area contributed by atoms with E-state index in [1.807, 2.05) is 0 Å². The molecule has 2 heteroatoms. The van der Waals surface area contributed by atoms with Crippen molar-refractivity contribution in [2.45, 2.75) is 24.7 Å². The predicted octanol–water partition coefficient (Wildman–Crippen LogP) is 3.01. The Morgan fingerprint density at radius 1 is 1.33 bits per heavy atom. The third-order valence-corrected chi connectivity index (χ3v) is 3.26. The van der Waals surface area contributed by atoms with Gasteiger partial charge in [0.2, 0.25) is 0 Å². The topological polar surface area (TPSA) is 23.9 Å². The number of thioether (sulfide) groups is 1. The first-order valence-electron chi connectivity index (χ1n) is 4.11. The molecule has 62 valence electrons. The standard InChI is InChI=1S/C10H11NS/c1-7-3-2-4-9-8(7)5-6-10(11)12-9/h2-4,11H,5-6H2,1H3. The van der Waals surface area contributed by atoms with Crippen LogP contribution in [0.4, 0.5) is 0 Å². The molecule has 0 saturated heterocycles. The van der Waals surface area contributed by atoms with Gasteiger partial charge in [0.05, 0.1) is 5.04 Å². The molecule has 0 aromatic heterocycles. The average Bonchev–Trinajstić information content (AvgIpc) is 2.04. The van der Waals surface area contributed by atoms with Gasteiger partial charge in [-0.25, -0.2) is 0 Å². The van der Waals surface area contributed by atoms with Crippen molar-refractivity contribution in [2.75, 3.05) is 0 Å². The molecule has 1 aliphatic rings. The minimum absolute atomic E-state index is 0.799.